The molecule has 0 bridgehead atoms. The third kappa shape index (κ3) is 3.52. The van der Waals surface area contributed by atoms with Crippen molar-refractivity contribution < 1.29 is 17.6 Å². The minimum Gasteiger partial charge on any atom is -0.451 e. The van der Waals surface area contributed by atoms with Crippen LogP contribution in [0.2, 0.25) is 0 Å². The van der Waals surface area contributed by atoms with Crippen LogP contribution < -0.4 is 4.90 Å². The Labute approximate surface area is 135 Å². The molecule has 2 aromatic rings. The molecule has 0 aliphatic carbocycles. The highest BCUT2D eigenvalue weighted by Crippen LogP contribution is 2.21. The number of benzene rings is 1. The monoisotopic (exact) mass is 334 g/mol. The Hall–Kier alpha value is -2.38. The maximum atomic E-state index is 12.7. The minimum atomic E-state index is -3.72. The molecule has 0 aliphatic heterocycles. The summed E-state index contributed by atoms with van der Waals surface area (Å²) < 4.78 is 30.1. The van der Waals surface area contributed by atoms with E-state index in [0.29, 0.717) is 12.2 Å². The van der Waals surface area contributed by atoms with Crippen LogP contribution in [0.25, 0.3) is 0 Å². The van der Waals surface area contributed by atoms with E-state index in [1.54, 1.807) is 18.2 Å². The number of para-hydroxylation sites is 1. The summed E-state index contributed by atoms with van der Waals surface area (Å²) in [4.78, 5) is 14.1. The smallest absolute Gasteiger partial charge is 0.275 e. The molecule has 0 radical (unpaired) electrons. The van der Waals surface area contributed by atoms with E-state index in [0.717, 1.165) is 10.6 Å². The van der Waals surface area contributed by atoms with Crippen molar-refractivity contribution in [1.82, 2.24) is 4.31 Å². The first-order valence-corrected chi connectivity index (χ1v) is 8.31. The average Bonchev–Trinajstić information content (AvgIpc) is 3.03. The fraction of sp³-hybridized carbons (Fsp3) is 0.188. The molecule has 0 saturated carbocycles. The largest absolute Gasteiger partial charge is 0.451 e. The fourth-order valence-electron chi connectivity index (χ4n) is 1.94. The molecule has 122 valence electrons. The average molecular weight is 334 g/mol. The van der Waals surface area contributed by atoms with Crippen LogP contribution in [-0.2, 0) is 10.0 Å². The quantitative estimate of drug-likeness (QED) is 0.760. The SMILES string of the molecule is C=CCN(C(=O)c1coc(S(=O)(=O)N(C)C)c1)c1ccccc1. The summed E-state index contributed by atoms with van der Waals surface area (Å²) in [7, 11) is -0.924. The summed E-state index contributed by atoms with van der Waals surface area (Å²) in [6.07, 6.45) is 2.75. The maximum absolute atomic E-state index is 12.7. The van der Waals surface area contributed by atoms with Gasteiger partial charge in [-0.25, -0.2) is 12.7 Å². The molecule has 0 atom stereocenters. The number of hydrogen-bond donors (Lipinski definition) is 0. The first-order chi connectivity index (χ1) is 10.9. The van der Waals surface area contributed by atoms with Gasteiger partial charge in [-0.2, -0.15) is 0 Å². The van der Waals surface area contributed by atoms with Crippen LogP contribution in [-0.4, -0.2) is 39.3 Å². The first kappa shape index (κ1) is 17.0. The molecule has 1 heterocycles. The molecule has 0 spiro atoms. The topological polar surface area (TPSA) is 70.8 Å². The van der Waals surface area contributed by atoms with Gasteiger partial charge in [-0.1, -0.05) is 24.3 Å². The van der Waals surface area contributed by atoms with Gasteiger partial charge in [0.25, 0.3) is 15.9 Å². The highest BCUT2D eigenvalue weighted by molar-refractivity contribution is 7.88. The summed E-state index contributed by atoms with van der Waals surface area (Å²) in [6, 6.07) is 10.3. The zero-order valence-electron chi connectivity index (χ0n) is 13.0. The van der Waals surface area contributed by atoms with Crippen LogP contribution in [0.1, 0.15) is 10.4 Å². The van der Waals surface area contributed by atoms with Crippen LogP contribution >= 0.6 is 0 Å². The standard InChI is InChI=1S/C16H18N2O4S/c1-4-10-18(14-8-6-5-7-9-14)16(19)13-11-15(22-12-13)23(20,21)17(2)3/h4-9,11-12H,1,10H2,2-3H3. The number of hydrogen-bond acceptors (Lipinski definition) is 4. The third-order valence-electron chi connectivity index (χ3n) is 3.18. The van der Waals surface area contributed by atoms with Crippen molar-refractivity contribution in [2.75, 3.05) is 25.5 Å². The van der Waals surface area contributed by atoms with E-state index in [4.69, 9.17) is 4.42 Å². The Balaban J connectivity index is 2.35. The second-order valence-corrected chi connectivity index (χ2v) is 7.06. The number of rotatable bonds is 6. The molecule has 2 rings (SSSR count). The summed E-state index contributed by atoms with van der Waals surface area (Å²) in [5, 5.41) is -0.266. The van der Waals surface area contributed by atoms with E-state index in [1.807, 2.05) is 18.2 Å². The lowest BCUT2D eigenvalue weighted by Crippen LogP contribution is -2.30. The Kier molecular flexibility index (Phi) is 5.02. The number of carbonyl (C=O) groups is 1. The predicted molar refractivity (Wildman–Crippen MR) is 87.9 cm³/mol. The Morgan fingerprint density at radius 2 is 1.91 bits per heavy atom. The zero-order valence-corrected chi connectivity index (χ0v) is 13.8. The lowest BCUT2D eigenvalue weighted by molar-refractivity contribution is 0.0989. The molecule has 0 saturated heterocycles. The molecule has 0 fully saturated rings. The van der Waals surface area contributed by atoms with Gasteiger partial charge in [0.05, 0.1) is 5.56 Å². The molecule has 6 nitrogen and oxygen atoms in total. The van der Waals surface area contributed by atoms with Gasteiger partial charge in [0.15, 0.2) is 0 Å². The van der Waals surface area contributed by atoms with E-state index in [-0.39, 0.29) is 16.6 Å². The van der Waals surface area contributed by atoms with Crippen LogP contribution in [0.4, 0.5) is 5.69 Å². The van der Waals surface area contributed by atoms with Gasteiger partial charge in [-0.15, -0.1) is 6.58 Å². The van der Waals surface area contributed by atoms with Gasteiger partial charge >= 0.3 is 0 Å². The van der Waals surface area contributed by atoms with Gasteiger partial charge in [-0.3, -0.25) is 4.79 Å². The van der Waals surface area contributed by atoms with Crippen molar-refractivity contribution >= 4 is 21.6 Å². The molecule has 0 aliphatic rings. The molecule has 7 heteroatoms. The molecular weight excluding hydrogens is 316 g/mol. The minimum absolute atomic E-state index is 0.163. The van der Waals surface area contributed by atoms with E-state index >= 15 is 0 Å². The molecule has 1 amide bonds. The van der Waals surface area contributed by atoms with Gasteiger partial charge in [0.1, 0.15) is 6.26 Å². The van der Waals surface area contributed by atoms with E-state index in [1.165, 1.54) is 25.1 Å². The van der Waals surface area contributed by atoms with Gasteiger partial charge in [0, 0.05) is 32.4 Å². The van der Waals surface area contributed by atoms with E-state index in [9.17, 15) is 13.2 Å². The molecule has 23 heavy (non-hydrogen) atoms. The Bertz CT molecular complexity index is 794. The summed E-state index contributed by atoms with van der Waals surface area (Å²) in [5.74, 6) is -0.361. The van der Waals surface area contributed by atoms with E-state index in [2.05, 4.69) is 6.58 Å². The van der Waals surface area contributed by atoms with Gasteiger partial charge in [0.2, 0.25) is 5.09 Å². The van der Waals surface area contributed by atoms with Crippen molar-refractivity contribution in [3.8, 4) is 0 Å². The number of carbonyl (C=O) groups excluding carboxylic acids is 1. The van der Waals surface area contributed by atoms with Crippen molar-refractivity contribution in [2.24, 2.45) is 0 Å². The number of nitrogens with zero attached hydrogens (tertiary/aromatic N) is 2. The maximum Gasteiger partial charge on any atom is 0.275 e. The summed E-state index contributed by atoms with van der Waals surface area (Å²) >= 11 is 0. The summed E-state index contributed by atoms with van der Waals surface area (Å²) in [5.41, 5.74) is 0.853. The number of anilines is 1. The fourth-order valence-corrected chi connectivity index (χ4v) is 2.75. The highest BCUT2D eigenvalue weighted by atomic mass is 32.2. The zero-order chi connectivity index (χ0) is 17.0. The second kappa shape index (κ2) is 6.80. The summed E-state index contributed by atoms with van der Waals surface area (Å²) in [6.45, 7) is 3.95. The Morgan fingerprint density at radius 1 is 1.26 bits per heavy atom. The van der Waals surface area contributed by atoms with Crippen molar-refractivity contribution in [3.05, 3.63) is 60.9 Å². The number of furan rings is 1. The molecule has 1 aromatic carbocycles. The number of amides is 1. The van der Waals surface area contributed by atoms with Gasteiger partial charge in [-0.05, 0) is 12.1 Å². The second-order valence-electron chi connectivity index (χ2n) is 4.98. The molecular formula is C16H18N2O4S. The lowest BCUT2D eigenvalue weighted by Gasteiger charge is -2.20. The third-order valence-corrected chi connectivity index (χ3v) is 4.87. The van der Waals surface area contributed by atoms with Crippen LogP contribution in [0, 0.1) is 0 Å². The van der Waals surface area contributed by atoms with Gasteiger partial charge < -0.3 is 9.32 Å². The first-order valence-electron chi connectivity index (χ1n) is 6.87. The van der Waals surface area contributed by atoms with Crippen LogP contribution in [0.3, 0.4) is 0 Å². The predicted octanol–water partition coefficient (Wildman–Crippen LogP) is 2.36. The van der Waals surface area contributed by atoms with Crippen LogP contribution in [0.5, 0.6) is 0 Å². The van der Waals surface area contributed by atoms with Crippen molar-refractivity contribution in [2.45, 2.75) is 5.09 Å². The normalized spacial score (nSPS) is 11.4. The lowest BCUT2D eigenvalue weighted by atomic mass is 10.2. The highest BCUT2D eigenvalue weighted by Gasteiger charge is 2.25. The molecule has 0 unspecified atom stereocenters. The van der Waals surface area contributed by atoms with Crippen molar-refractivity contribution in [1.29, 1.82) is 0 Å². The molecule has 0 N–H and O–H groups in total. The van der Waals surface area contributed by atoms with Crippen LogP contribution in [0.15, 0.2) is 64.8 Å². The number of sulfonamides is 1. The van der Waals surface area contributed by atoms with Crippen molar-refractivity contribution in [3.63, 3.8) is 0 Å². The molecule has 1 aromatic heterocycles. The Morgan fingerprint density at radius 3 is 2.48 bits per heavy atom. The van der Waals surface area contributed by atoms with E-state index < -0.39 is 10.0 Å².